The molecule has 0 saturated heterocycles. The molecule has 6 heteroatoms. The van der Waals surface area contributed by atoms with E-state index in [1.54, 1.807) is 35.6 Å². The quantitative estimate of drug-likeness (QED) is 0.771. The van der Waals surface area contributed by atoms with Crippen molar-refractivity contribution in [2.24, 2.45) is 0 Å². The first-order valence-corrected chi connectivity index (χ1v) is 7.82. The van der Waals surface area contributed by atoms with Crippen molar-refractivity contribution >= 4 is 28.8 Å². The first-order valence-electron chi connectivity index (χ1n) is 6.94. The van der Waals surface area contributed by atoms with Crippen LogP contribution in [0.25, 0.3) is 0 Å². The van der Waals surface area contributed by atoms with Crippen molar-refractivity contribution in [2.75, 3.05) is 12.4 Å². The van der Waals surface area contributed by atoms with Crippen LogP contribution in [0, 0.1) is 0 Å². The van der Waals surface area contributed by atoms with Gasteiger partial charge in [0.15, 0.2) is 0 Å². The highest BCUT2D eigenvalue weighted by molar-refractivity contribution is 7.09. The van der Waals surface area contributed by atoms with Crippen molar-refractivity contribution < 1.29 is 14.4 Å². The highest BCUT2D eigenvalue weighted by Gasteiger charge is 2.07. The van der Waals surface area contributed by atoms with Crippen molar-refractivity contribution in [1.29, 1.82) is 0 Å². The molecule has 0 aliphatic carbocycles. The summed E-state index contributed by atoms with van der Waals surface area (Å²) in [6, 6.07) is 10.8. The number of benzene rings is 1. The largest absolute Gasteiger partial charge is 0.326 e. The van der Waals surface area contributed by atoms with Gasteiger partial charge in [-0.2, -0.15) is 0 Å². The molecule has 116 valence electrons. The summed E-state index contributed by atoms with van der Waals surface area (Å²) in [6.45, 7) is 0. The standard InChI is InChI=1S/C16H18N2O3S/c1-21-18-16(20)12-5-2-6-13(11-12)17-15(19)9-3-7-14-8-4-10-22-14/h2,4-6,8,10-11H,3,7,9H2,1H3,(H,17,19)(H,18,20). The molecule has 0 fully saturated rings. The number of anilines is 1. The molecular weight excluding hydrogens is 300 g/mol. The number of thiophene rings is 1. The Morgan fingerprint density at radius 3 is 2.82 bits per heavy atom. The zero-order valence-corrected chi connectivity index (χ0v) is 13.1. The lowest BCUT2D eigenvalue weighted by atomic mass is 10.1. The maximum absolute atomic E-state index is 11.9. The molecule has 2 rings (SSSR count). The van der Waals surface area contributed by atoms with Gasteiger partial charge in [-0.15, -0.1) is 11.3 Å². The van der Waals surface area contributed by atoms with E-state index in [0.29, 0.717) is 17.7 Å². The smallest absolute Gasteiger partial charge is 0.274 e. The van der Waals surface area contributed by atoms with Crippen LogP contribution in [-0.2, 0) is 16.1 Å². The van der Waals surface area contributed by atoms with Gasteiger partial charge in [-0.3, -0.25) is 14.4 Å². The molecule has 0 radical (unpaired) electrons. The molecule has 2 amide bonds. The van der Waals surface area contributed by atoms with Gasteiger partial charge >= 0.3 is 0 Å². The molecule has 2 aromatic rings. The summed E-state index contributed by atoms with van der Waals surface area (Å²) >= 11 is 1.70. The van der Waals surface area contributed by atoms with Crippen LogP contribution >= 0.6 is 11.3 Å². The number of aryl methyl sites for hydroxylation is 1. The minimum atomic E-state index is -0.351. The van der Waals surface area contributed by atoms with E-state index in [-0.39, 0.29) is 11.8 Å². The Hall–Kier alpha value is -2.18. The van der Waals surface area contributed by atoms with Crippen molar-refractivity contribution in [3.05, 3.63) is 52.2 Å². The van der Waals surface area contributed by atoms with Crippen LogP contribution in [0.3, 0.4) is 0 Å². The normalized spacial score (nSPS) is 10.2. The van der Waals surface area contributed by atoms with Crippen molar-refractivity contribution in [1.82, 2.24) is 5.48 Å². The van der Waals surface area contributed by atoms with Gasteiger partial charge < -0.3 is 5.32 Å². The van der Waals surface area contributed by atoms with Gasteiger partial charge in [0.2, 0.25) is 5.91 Å². The van der Waals surface area contributed by atoms with Crippen LogP contribution in [0.5, 0.6) is 0 Å². The molecule has 0 aliphatic rings. The summed E-state index contributed by atoms with van der Waals surface area (Å²) < 4.78 is 0. The lowest BCUT2D eigenvalue weighted by Crippen LogP contribution is -2.22. The number of hydrogen-bond acceptors (Lipinski definition) is 4. The summed E-state index contributed by atoms with van der Waals surface area (Å²) in [7, 11) is 1.37. The number of rotatable bonds is 7. The van der Waals surface area contributed by atoms with Crippen LogP contribution in [0.2, 0.25) is 0 Å². The average Bonchev–Trinajstić information content (AvgIpc) is 3.01. The zero-order chi connectivity index (χ0) is 15.8. The maximum atomic E-state index is 11.9. The van der Waals surface area contributed by atoms with Gasteiger partial charge in [-0.25, -0.2) is 5.48 Å². The van der Waals surface area contributed by atoms with E-state index >= 15 is 0 Å². The molecule has 2 N–H and O–H groups in total. The number of hydrogen-bond donors (Lipinski definition) is 2. The van der Waals surface area contributed by atoms with Crippen molar-refractivity contribution in [2.45, 2.75) is 19.3 Å². The number of hydroxylamine groups is 1. The van der Waals surface area contributed by atoms with Gasteiger partial charge in [0, 0.05) is 22.5 Å². The molecule has 5 nitrogen and oxygen atoms in total. The molecule has 0 unspecified atom stereocenters. The lowest BCUT2D eigenvalue weighted by Gasteiger charge is -2.07. The Labute approximate surface area is 133 Å². The Morgan fingerprint density at radius 2 is 2.09 bits per heavy atom. The third-order valence-corrected chi connectivity index (χ3v) is 3.95. The summed E-state index contributed by atoms with van der Waals surface area (Å²) in [5.74, 6) is -0.405. The monoisotopic (exact) mass is 318 g/mol. The van der Waals surface area contributed by atoms with Gasteiger partial charge in [0.1, 0.15) is 0 Å². The SMILES string of the molecule is CONC(=O)c1cccc(NC(=O)CCCc2cccs2)c1. The van der Waals surface area contributed by atoms with Gasteiger partial charge in [0.05, 0.1) is 7.11 Å². The molecule has 1 aromatic carbocycles. The number of amides is 2. The van der Waals surface area contributed by atoms with Crippen LogP contribution < -0.4 is 10.8 Å². The molecule has 0 aliphatic heterocycles. The van der Waals surface area contributed by atoms with E-state index in [9.17, 15) is 9.59 Å². The molecule has 1 heterocycles. The molecule has 0 saturated carbocycles. The Bertz CT molecular complexity index is 626. The Morgan fingerprint density at radius 1 is 1.23 bits per heavy atom. The highest BCUT2D eigenvalue weighted by atomic mass is 32.1. The fourth-order valence-corrected chi connectivity index (χ4v) is 2.74. The first kappa shape index (κ1) is 16.2. The van der Waals surface area contributed by atoms with Crippen LogP contribution in [0.15, 0.2) is 41.8 Å². The zero-order valence-electron chi connectivity index (χ0n) is 12.3. The van der Waals surface area contributed by atoms with Gasteiger partial charge in [-0.1, -0.05) is 12.1 Å². The predicted molar refractivity (Wildman–Crippen MR) is 86.8 cm³/mol. The lowest BCUT2D eigenvalue weighted by molar-refractivity contribution is -0.116. The number of carbonyl (C=O) groups excluding carboxylic acids is 2. The fraction of sp³-hybridized carbons (Fsp3) is 0.250. The molecule has 22 heavy (non-hydrogen) atoms. The van der Waals surface area contributed by atoms with Gasteiger partial charge in [0.25, 0.3) is 5.91 Å². The minimum absolute atomic E-state index is 0.0548. The van der Waals surface area contributed by atoms with E-state index in [1.807, 2.05) is 11.4 Å². The molecule has 0 atom stereocenters. The average molecular weight is 318 g/mol. The minimum Gasteiger partial charge on any atom is -0.326 e. The fourth-order valence-electron chi connectivity index (χ4n) is 1.99. The summed E-state index contributed by atoms with van der Waals surface area (Å²) in [6.07, 6.45) is 2.16. The summed E-state index contributed by atoms with van der Waals surface area (Å²) in [5, 5.41) is 4.84. The van der Waals surface area contributed by atoms with E-state index < -0.39 is 0 Å². The first-order chi connectivity index (χ1) is 10.7. The van der Waals surface area contributed by atoms with Crippen LogP contribution in [0.4, 0.5) is 5.69 Å². The second kappa shape index (κ2) is 8.31. The third-order valence-electron chi connectivity index (χ3n) is 3.01. The maximum Gasteiger partial charge on any atom is 0.274 e. The number of nitrogens with one attached hydrogen (secondary N) is 2. The predicted octanol–water partition coefficient (Wildman–Crippen LogP) is 3.00. The van der Waals surface area contributed by atoms with Crippen molar-refractivity contribution in [3.8, 4) is 0 Å². The summed E-state index contributed by atoms with van der Waals surface area (Å²) in [4.78, 5) is 29.4. The van der Waals surface area contributed by atoms with E-state index in [0.717, 1.165) is 12.8 Å². The Balaban J connectivity index is 1.83. The van der Waals surface area contributed by atoms with Crippen LogP contribution in [-0.4, -0.2) is 18.9 Å². The second-order valence-electron chi connectivity index (χ2n) is 4.70. The van der Waals surface area contributed by atoms with E-state index in [4.69, 9.17) is 0 Å². The van der Waals surface area contributed by atoms with Gasteiger partial charge in [-0.05, 0) is 42.5 Å². The summed E-state index contributed by atoms with van der Waals surface area (Å²) in [5.41, 5.74) is 3.27. The molecule has 1 aromatic heterocycles. The van der Waals surface area contributed by atoms with Crippen LogP contribution in [0.1, 0.15) is 28.1 Å². The number of carbonyl (C=O) groups is 2. The third kappa shape index (κ3) is 4.98. The topological polar surface area (TPSA) is 67.4 Å². The van der Waals surface area contributed by atoms with E-state index in [1.165, 1.54) is 12.0 Å². The highest BCUT2D eigenvalue weighted by Crippen LogP contribution is 2.14. The van der Waals surface area contributed by atoms with E-state index in [2.05, 4.69) is 21.7 Å². The Kier molecular flexibility index (Phi) is 6.12. The molecule has 0 spiro atoms. The second-order valence-corrected chi connectivity index (χ2v) is 5.73. The molecule has 0 bridgehead atoms. The van der Waals surface area contributed by atoms with Crippen molar-refractivity contribution in [3.63, 3.8) is 0 Å². The molecular formula is C16H18N2O3S.